The van der Waals surface area contributed by atoms with Gasteiger partial charge in [-0.2, -0.15) is 4.80 Å². The van der Waals surface area contributed by atoms with Crippen LogP contribution in [0.15, 0.2) is 28.7 Å². The van der Waals surface area contributed by atoms with Crippen LogP contribution in [-0.4, -0.2) is 31.4 Å². The first-order valence-electron chi connectivity index (χ1n) is 6.48. The number of aromatic nitrogens is 4. The fourth-order valence-corrected chi connectivity index (χ4v) is 2.94. The molecule has 0 unspecified atom stereocenters. The molecule has 0 radical (unpaired) electrons. The number of benzene rings is 1. The summed E-state index contributed by atoms with van der Waals surface area (Å²) in [7, 11) is 0. The van der Waals surface area contributed by atoms with E-state index in [1.54, 1.807) is 4.80 Å². The molecule has 1 fully saturated rings. The third-order valence-corrected chi connectivity index (χ3v) is 4.23. The Morgan fingerprint density at radius 1 is 1.21 bits per heavy atom. The average Bonchev–Trinajstić information content (AvgIpc) is 2.89. The van der Waals surface area contributed by atoms with Crippen molar-refractivity contribution >= 4 is 15.9 Å². The van der Waals surface area contributed by atoms with Crippen molar-refractivity contribution in [1.82, 2.24) is 20.2 Å². The number of tetrazole rings is 1. The average molecular weight is 323 g/mol. The first-order chi connectivity index (χ1) is 9.25. The van der Waals surface area contributed by atoms with Gasteiger partial charge in [0, 0.05) is 10.0 Å². The molecule has 0 spiro atoms. The van der Waals surface area contributed by atoms with E-state index in [0.717, 1.165) is 35.7 Å². The number of hydrogen-bond acceptors (Lipinski definition) is 4. The molecule has 2 aromatic rings. The number of halogens is 1. The summed E-state index contributed by atoms with van der Waals surface area (Å²) in [5.41, 5.74) is 0.916. The molecule has 0 saturated heterocycles. The molecule has 1 saturated carbocycles. The zero-order valence-corrected chi connectivity index (χ0v) is 12.0. The standard InChI is InChI=1S/C13H15BrN4O/c14-10-6-2-1-5-9(10)13-15-17-18(16-13)11-7-3-4-8-12(11)19/h1-2,5-6,11-12,19H,3-4,7-8H2/t11-,12-/m1/s1. The van der Waals surface area contributed by atoms with E-state index in [4.69, 9.17) is 0 Å². The van der Waals surface area contributed by atoms with Crippen molar-refractivity contribution in [2.45, 2.75) is 37.8 Å². The maximum absolute atomic E-state index is 10.0. The highest BCUT2D eigenvalue weighted by Crippen LogP contribution is 2.29. The topological polar surface area (TPSA) is 63.8 Å². The van der Waals surface area contributed by atoms with Gasteiger partial charge in [0.15, 0.2) is 0 Å². The van der Waals surface area contributed by atoms with Gasteiger partial charge in [0.2, 0.25) is 5.82 Å². The monoisotopic (exact) mass is 322 g/mol. The Hall–Kier alpha value is -1.27. The lowest BCUT2D eigenvalue weighted by atomic mass is 9.93. The lowest BCUT2D eigenvalue weighted by Gasteiger charge is -2.25. The first-order valence-corrected chi connectivity index (χ1v) is 7.27. The van der Waals surface area contributed by atoms with Gasteiger partial charge in [0.1, 0.15) is 0 Å². The Morgan fingerprint density at radius 2 is 2.00 bits per heavy atom. The Morgan fingerprint density at radius 3 is 2.79 bits per heavy atom. The Balaban J connectivity index is 1.89. The van der Waals surface area contributed by atoms with Crippen molar-refractivity contribution < 1.29 is 5.11 Å². The van der Waals surface area contributed by atoms with Crippen LogP contribution < -0.4 is 0 Å². The van der Waals surface area contributed by atoms with Gasteiger partial charge in [-0.3, -0.25) is 0 Å². The van der Waals surface area contributed by atoms with E-state index in [2.05, 4.69) is 31.3 Å². The minimum Gasteiger partial charge on any atom is -0.391 e. The van der Waals surface area contributed by atoms with Crippen LogP contribution in [0.5, 0.6) is 0 Å². The van der Waals surface area contributed by atoms with Gasteiger partial charge >= 0.3 is 0 Å². The number of rotatable bonds is 2. The van der Waals surface area contributed by atoms with Crippen LogP contribution >= 0.6 is 15.9 Å². The van der Waals surface area contributed by atoms with Gasteiger partial charge in [-0.05, 0) is 30.2 Å². The van der Waals surface area contributed by atoms with Crippen LogP contribution in [0.4, 0.5) is 0 Å². The summed E-state index contributed by atoms with van der Waals surface area (Å²) in [5.74, 6) is 0.588. The summed E-state index contributed by atoms with van der Waals surface area (Å²) in [6.45, 7) is 0. The summed E-state index contributed by atoms with van der Waals surface area (Å²) in [6, 6.07) is 7.74. The zero-order chi connectivity index (χ0) is 13.2. The van der Waals surface area contributed by atoms with Crippen LogP contribution in [0.25, 0.3) is 11.4 Å². The van der Waals surface area contributed by atoms with Crippen LogP contribution in [0.3, 0.4) is 0 Å². The second-order valence-corrected chi connectivity index (χ2v) is 5.69. The predicted octanol–water partition coefficient (Wildman–Crippen LogP) is 2.58. The molecular formula is C13H15BrN4O. The van der Waals surface area contributed by atoms with Gasteiger partial charge < -0.3 is 5.11 Å². The van der Waals surface area contributed by atoms with Crippen LogP contribution in [-0.2, 0) is 0 Å². The summed E-state index contributed by atoms with van der Waals surface area (Å²) in [5, 5.41) is 22.6. The van der Waals surface area contributed by atoms with Crippen molar-refractivity contribution in [3.05, 3.63) is 28.7 Å². The van der Waals surface area contributed by atoms with Gasteiger partial charge in [-0.25, -0.2) is 0 Å². The van der Waals surface area contributed by atoms with Gasteiger partial charge in [0.05, 0.1) is 12.1 Å². The number of aliphatic hydroxyl groups excluding tert-OH is 1. The molecule has 19 heavy (non-hydrogen) atoms. The largest absolute Gasteiger partial charge is 0.391 e. The van der Waals surface area contributed by atoms with Crippen LogP contribution in [0.2, 0.25) is 0 Å². The maximum Gasteiger partial charge on any atom is 0.206 e. The van der Waals surface area contributed by atoms with E-state index in [9.17, 15) is 5.11 Å². The summed E-state index contributed by atoms with van der Waals surface area (Å²) in [6.07, 6.45) is 3.54. The molecule has 1 aromatic carbocycles. The Labute approximate surface area is 119 Å². The highest BCUT2D eigenvalue weighted by Gasteiger charge is 2.27. The molecule has 2 atom stereocenters. The molecule has 5 nitrogen and oxygen atoms in total. The van der Waals surface area contributed by atoms with Crippen LogP contribution in [0, 0.1) is 0 Å². The summed E-state index contributed by atoms with van der Waals surface area (Å²) < 4.78 is 0.943. The molecule has 1 aliphatic carbocycles. The highest BCUT2D eigenvalue weighted by atomic mass is 79.9. The van der Waals surface area contributed by atoms with E-state index in [1.165, 1.54) is 0 Å². The van der Waals surface area contributed by atoms with Crippen molar-refractivity contribution in [2.24, 2.45) is 0 Å². The van der Waals surface area contributed by atoms with Gasteiger partial charge in [-0.15, -0.1) is 10.2 Å². The Bertz CT molecular complexity index is 571. The lowest BCUT2D eigenvalue weighted by molar-refractivity contribution is 0.0614. The lowest BCUT2D eigenvalue weighted by Crippen LogP contribution is -2.29. The summed E-state index contributed by atoms with van der Waals surface area (Å²) >= 11 is 3.48. The molecule has 0 aliphatic heterocycles. The maximum atomic E-state index is 10.0. The molecule has 100 valence electrons. The van der Waals surface area contributed by atoms with Gasteiger partial charge in [0.25, 0.3) is 0 Å². The van der Waals surface area contributed by atoms with E-state index in [0.29, 0.717) is 5.82 Å². The molecule has 1 aromatic heterocycles. The van der Waals surface area contributed by atoms with Crippen molar-refractivity contribution in [2.75, 3.05) is 0 Å². The molecule has 1 heterocycles. The van der Waals surface area contributed by atoms with Gasteiger partial charge in [-0.1, -0.05) is 40.9 Å². The smallest absolute Gasteiger partial charge is 0.206 e. The molecule has 0 bridgehead atoms. The minimum atomic E-state index is -0.366. The van der Waals surface area contributed by atoms with E-state index < -0.39 is 0 Å². The molecule has 6 heteroatoms. The second-order valence-electron chi connectivity index (χ2n) is 4.83. The number of aliphatic hydroxyl groups is 1. The highest BCUT2D eigenvalue weighted by molar-refractivity contribution is 9.10. The van der Waals surface area contributed by atoms with Crippen molar-refractivity contribution in [3.8, 4) is 11.4 Å². The molecule has 0 amide bonds. The minimum absolute atomic E-state index is 0.0440. The molecule has 1 aliphatic rings. The quantitative estimate of drug-likeness (QED) is 0.923. The predicted molar refractivity (Wildman–Crippen MR) is 74.5 cm³/mol. The zero-order valence-electron chi connectivity index (χ0n) is 10.4. The fourth-order valence-electron chi connectivity index (χ4n) is 2.48. The van der Waals surface area contributed by atoms with Crippen molar-refractivity contribution in [1.29, 1.82) is 0 Å². The Kier molecular flexibility index (Phi) is 3.61. The molecular weight excluding hydrogens is 308 g/mol. The van der Waals surface area contributed by atoms with Crippen molar-refractivity contribution in [3.63, 3.8) is 0 Å². The normalized spacial score (nSPS) is 23.5. The molecule has 3 rings (SSSR count). The van der Waals surface area contributed by atoms with Crippen LogP contribution in [0.1, 0.15) is 31.7 Å². The third kappa shape index (κ3) is 2.55. The van der Waals surface area contributed by atoms with E-state index in [1.807, 2.05) is 24.3 Å². The third-order valence-electron chi connectivity index (χ3n) is 3.53. The fraction of sp³-hybridized carbons (Fsp3) is 0.462. The SMILES string of the molecule is O[C@@H]1CCCC[C@H]1n1nnc(-c2ccccc2Br)n1. The van der Waals surface area contributed by atoms with E-state index in [-0.39, 0.29) is 12.1 Å². The molecule has 1 N–H and O–H groups in total. The number of nitrogens with zero attached hydrogens (tertiary/aromatic N) is 4. The van der Waals surface area contributed by atoms with E-state index >= 15 is 0 Å². The second kappa shape index (κ2) is 5.38. The number of hydrogen-bond donors (Lipinski definition) is 1. The summed E-state index contributed by atoms with van der Waals surface area (Å²) in [4.78, 5) is 1.57. The first kappa shape index (κ1) is 12.7.